The van der Waals surface area contributed by atoms with Gasteiger partial charge in [0.25, 0.3) is 11.8 Å². The predicted molar refractivity (Wildman–Crippen MR) is 227 cm³/mol. The number of hydrogen-bond donors (Lipinski definition) is 0. The van der Waals surface area contributed by atoms with Gasteiger partial charge in [-0.05, 0) is 130 Å². The molecule has 0 aliphatic carbocycles. The number of nitrogens with zero attached hydrogens (tertiary/aromatic N) is 2. The molecule has 2 aliphatic rings. The van der Waals surface area contributed by atoms with Crippen molar-refractivity contribution in [3.05, 3.63) is 127 Å². The lowest BCUT2D eigenvalue weighted by atomic mass is 10.1. The molecule has 330 valence electrons. The minimum absolute atomic E-state index is 0.167. The van der Waals surface area contributed by atoms with Crippen LogP contribution in [0.15, 0.2) is 100 Å². The molecule has 10 nitrogen and oxygen atoms in total. The maximum Gasteiger partial charge on any atom is 0.425 e. The number of fused-ring (bicyclic) bond motifs is 2. The highest BCUT2D eigenvalue weighted by molar-refractivity contribution is 14.1. The zero-order valence-corrected chi connectivity index (χ0v) is 37.8. The van der Waals surface area contributed by atoms with Crippen LogP contribution in [0.5, 0.6) is 11.5 Å². The molecule has 0 radical (unpaired) electrons. The average Bonchev–Trinajstić information content (AvgIpc) is 3.96. The van der Waals surface area contributed by atoms with Crippen molar-refractivity contribution in [2.75, 3.05) is 12.5 Å². The molecule has 0 fully saturated rings. The van der Waals surface area contributed by atoms with E-state index in [4.69, 9.17) is 9.47 Å². The summed E-state index contributed by atoms with van der Waals surface area (Å²) in [5.74, 6) is -1.81. The first kappa shape index (κ1) is 46.8. The topological polar surface area (TPSA) is 127 Å². The second-order valence-electron chi connectivity index (χ2n) is 14.7. The third kappa shape index (κ3) is 10.9. The molecule has 1 aromatic heterocycles. The Morgan fingerprint density at radius 1 is 0.629 bits per heavy atom. The molecule has 0 spiro atoms. The van der Waals surface area contributed by atoms with Gasteiger partial charge in [-0.2, -0.15) is 26.3 Å². The van der Waals surface area contributed by atoms with Gasteiger partial charge in [0.2, 0.25) is 0 Å². The van der Waals surface area contributed by atoms with Crippen molar-refractivity contribution >= 4 is 65.4 Å². The molecule has 2 aliphatic heterocycles. The van der Waals surface area contributed by atoms with E-state index in [2.05, 4.69) is 22.6 Å². The molecule has 0 N–H and O–H groups in total. The van der Waals surface area contributed by atoms with Crippen molar-refractivity contribution in [2.24, 2.45) is 0 Å². The van der Waals surface area contributed by atoms with Gasteiger partial charge in [0, 0.05) is 47.1 Å². The molecule has 3 heterocycles. The summed E-state index contributed by atoms with van der Waals surface area (Å²) in [7, 11) is -7.35. The summed E-state index contributed by atoms with van der Waals surface area (Å²) in [4.78, 5) is 30.1. The van der Waals surface area contributed by atoms with Crippen LogP contribution in [0, 0.1) is 3.57 Å². The zero-order chi connectivity index (χ0) is 45.5. The Bertz CT molecular complexity index is 2740. The fourth-order valence-corrected chi connectivity index (χ4v) is 9.09. The van der Waals surface area contributed by atoms with Crippen molar-refractivity contribution in [3.63, 3.8) is 0 Å². The molecule has 0 saturated carbocycles. The molecule has 7 rings (SSSR count). The van der Waals surface area contributed by atoms with E-state index in [-0.39, 0.29) is 58.6 Å². The maximum atomic E-state index is 13.3. The number of halogens is 7. The molecule has 2 atom stereocenters. The Morgan fingerprint density at radius 2 is 1.06 bits per heavy atom. The van der Waals surface area contributed by atoms with Gasteiger partial charge in [0.1, 0.15) is 11.5 Å². The number of ether oxygens (including phenoxy) is 2. The number of benzene rings is 4. The minimum atomic E-state index is -4.64. The largest absolute Gasteiger partial charge is 0.480 e. The second-order valence-corrected chi connectivity index (χ2v) is 20.9. The lowest BCUT2D eigenvalue weighted by Crippen LogP contribution is -2.32. The zero-order valence-electron chi connectivity index (χ0n) is 33.2. The third-order valence-corrected chi connectivity index (χ3v) is 13.8. The molecule has 0 unspecified atom stereocenters. The number of hydrogen-bond acceptors (Lipinski definition) is 9. The molecular weight excluding hydrogens is 998 g/mol. The molecule has 0 bridgehead atoms. The molecule has 5 aromatic rings. The lowest BCUT2D eigenvalue weighted by Gasteiger charge is -2.22. The fraction of sp³-hybridized carbons (Fsp3) is 0.286. The normalized spacial score (nSPS) is 15.0. The van der Waals surface area contributed by atoms with Crippen LogP contribution in [0.1, 0.15) is 56.8 Å². The average molecular weight is 1030 g/mol. The highest BCUT2D eigenvalue weighted by Gasteiger charge is 2.40. The first-order valence-corrected chi connectivity index (χ1v) is 24.2. The Hall–Kier alpha value is -4.67. The number of thiophene rings is 1. The van der Waals surface area contributed by atoms with E-state index in [9.17, 15) is 52.8 Å². The first-order chi connectivity index (χ1) is 28.8. The van der Waals surface area contributed by atoms with Gasteiger partial charge in [-0.3, -0.25) is 9.59 Å². The van der Waals surface area contributed by atoms with Gasteiger partial charge in [-0.15, -0.1) is 11.3 Å². The van der Waals surface area contributed by atoms with Crippen molar-refractivity contribution < 1.29 is 62.2 Å². The smallest absolute Gasteiger partial charge is 0.425 e. The third-order valence-electron chi connectivity index (χ3n) is 9.95. The summed E-state index contributed by atoms with van der Waals surface area (Å²) in [6.07, 6.45) is -11.7. The van der Waals surface area contributed by atoms with Crippen molar-refractivity contribution in [3.8, 4) is 21.9 Å². The van der Waals surface area contributed by atoms with E-state index in [1.165, 1.54) is 9.80 Å². The molecule has 20 heteroatoms. The van der Waals surface area contributed by atoms with E-state index < -0.39 is 56.0 Å². The number of carbonyl (C=O) groups excluding carboxylic acids is 2. The van der Waals surface area contributed by atoms with Gasteiger partial charge in [-0.1, -0.05) is 24.3 Å². The SMILES string of the molecule is C[C@H](Oc1ccc(S(C)(=O)=O)cc1C(=O)N1Cc2ccc(-c3cccs3)cc2C1)C(F)(F)F.C[C@H](Oc1ccc(S(C)(=O)=O)cc1C(=O)N1Cc2ccc(I)cc2C1)C(F)(F)F. The number of sulfone groups is 2. The minimum Gasteiger partial charge on any atom is -0.480 e. The highest BCUT2D eigenvalue weighted by atomic mass is 127. The number of carbonyl (C=O) groups is 2. The van der Waals surface area contributed by atoms with Crippen LogP contribution in [0.4, 0.5) is 26.3 Å². The standard InChI is InChI=1S/C23H20F3NO4S2.C19H17F3INO4S/c1-14(23(24,25)26)31-20-8-7-18(33(2,29)30)11-19(20)22(28)27-12-16-6-5-15(10-17(16)13-27)21-4-3-9-32-21;1-11(19(20,21)22)28-17-6-5-15(29(2,26)27)8-16(17)18(25)24-9-12-3-4-14(23)7-13(12)10-24/h3-11,14H,12-13H2,1-2H3;3-8,11H,9-10H2,1-2H3/t14-;11-/m00/s1. The second kappa shape index (κ2) is 17.8. The van der Waals surface area contributed by atoms with E-state index in [0.717, 1.165) is 99.0 Å². The molecule has 2 amide bonds. The van der Waals surface area contributed by atoms with Crippen LogP contribution < -0.4 is 9.47 Å². The Kier molecular flexibility index (Phi) is 13.5. The highest BCUT2D eigenvalue weighted by Crippen LogP contribution is 2.36. The van der Waals surface area contributed by atoms with Crippen LogP contribution in [0.3, 0.4) is 0 Å². The van der Waals surface area contributed by atoms with Crippen LogP contribution in [0.2, 0.25) is 0 Å². The number of alkyl halides is 6. The van der Waals surface area contributed by atoms with Crippen molar-refractivity contribution in [2.45, 2.75) is 74.4 Å². The summed E-state index contributed by atoms with van der Waals surface area (Å²) < 4.78 is 137. The molecule has 62 heavy (non-hydrogen) atoms. The van der Waals surface area contributed by atoms with Crippen LogP contribution in [0.25, 0.3) is 10.4 Å². The van der Waals surface area contributed by atoms with Gasteiger partial charge in [0.15, 0.2) is 31.9 Å². The van der Waals surface area contributed by atoms with E-state index in [0.29, 0.717) is 0 Å². The van der Waals surface area contributed by atoms with Gasteiger partial charge in [-0.25, -0.2) is 16.8 Å². The Morgan fingerprint density at radius 3 is 1.48 bits per heavy atom. The maximum absolute atomic E-state index is 13.3. The van der Waals surface area contributed by atoms with Gasteiger partial charge >= 0.3 is 12.4 Å². The lowest BCUT2D eigenvalue weighted by molar-refractivity contribution is -0.189. The molecular formula is C42H37F6IN2O8S3. The van der Waals surface area contributed by atoms with Crippen molar-refractivity contribution in [1.29, 1.82) is 0 Å². The quantitative estimate of drug-likeness (QED) is 0.106. The van der Waals surface area contributed by atoms with Gasteiger partial charge in [0.05, 0.1) is 20.9 Å². The van der Waals surface area contributed by atoms with Crippen molar-refractivity contribution in [1.82, 2.24) is 9.80 Å². The van der Waals surface area contributed by atoms with Crippen LogP contribution >= 0.6 is 33.9 Å². The van der Waals surface area contributed by atoms with Gasteiger partial charge < -0.3 is 19.3 Å². The Balaban J connectivity index is 0.000000209. The van der Waals surface area contributed by atoms with Crippen LogP contribution in [-0.4, -0.2) is 75.5 Å². The summed E-state index contributed by atoms with van der Waals surface area (Å²) >= 11 is 3.74. The molecule has 4 aromatic carbocycles. The molecule has 0 saturated heterocycles. The summed E-state index contributed by atoms with van der Waals surface area (Å²) in [5.41, 5.74) is 4.31. The number of amides is 2. The summed E-state index contributed by atoms with van der Waals surface area (Å²) in [5, 5.41) is 1.97. The monoisotopic (exact) mass is 1030 g/mol. The fourth-order valence-electron chi connectivity index (χ4n) is 6.52. The predicted octanol–water partition coefficient (Wildman–Crippen LogP) is 9.48. The van der Waals surface area contributed by atoms with E-state index in [1.54, 1.807) is 11.3 Å². The summed E-state index contributed by atoms with van der Waals surface area (Å²) in [6, 6.07) is 22.1. The Labute approximate surface area is 371 Å². The number of rotatable bonds is 9. The van der Waals surface area contributed by atoms with E-state index in [1.807, 2.05) is 53.9 Å². The summed E-state index contributed by atoms with van der Waals surface area (Å²) in [6.45, 7) is 2.73. The van der Waals surface area contributed by atoms with Crippen LogP contribution in [-0.2, 0) is 45.9 Å². The first-order valence-electron chi connectivity index (χ1n) is 18.5. The van der Waals surface area contributed by atoms with E-state index >= 15 is 0 Å².